The Hall–Kier alpha value is -0.540. The molecule has 0 saturated heterocycles. The van der Waals surface area contributed by atoms with Gasteiger partial charge in [0.05, 0.1) is 0 Å². The molecule has 0 fully saturated rings. The van der Waals surface area contributed by atoms with E-state index in [1.54, 1.807) is 0 Å². The highest BCUT2D eigenvalue weighted by atomic mass is 79.9. The van der Waals surface area contributed by atoms with Gasteiger partial charge >= 0.3 is 0 Å². The third-order valence-corrected chi connectivity index (χ3v) is 3.88. The van der Waals surface area contributed by atoms with E-state index in [-0.39, 0.29) is 11.6 Å². The van der Waals surface area contributed by atoms with Gasteiger partial charge < -0.3 is 10.1 Å². The van der Waals surface area contributed by atoms with Crippen LogP contribution in [-0.2, 0) is 0 Å². The molecule has 0 spiro atoms. The average molecular weight is 328 g/mol. The van der Waals surface area contributed by atoms with Crippen LogP contribution < -0.4 is 10.1 Å². The van der Waals surface area contributed by atoms with Gasteiger partial charge in [-0.2, -0.15) is 0 Å². The van der Waals surface area contributed by atoms with Gasteiger partial charge in [0.15, 0.2) is 0 Å². The summed E-state index contributed by atoms with van der Waals surface area (Å²) in [7, 11) is 0. The Labute approximate surface area is 126 Å². The van der Waals surface area contributed by atoms with Gasteiger partial charge in [-0.05, 0) is 57.4 Å². The van der Waals surface area contributed by atoms with E-state index in [1.807, 2.05) is 12.1 Å². The van der Waals surface area contributed by atoms with Crippen molar-refractivity contribution in [1.29, 1.82) is 0 Å². The Morgan fingerprint density at radius 3 is 2.37 bits per heavy atom. The molecule has 19 heavy (non-hydrogen) atoms. The third-order valence-electron chi connectivity index (χ3n) is 2.99. The summed E-state index contributed by atoms with van der Waals surface area (Å²) >= 11 is 3.51. The molecule has 1 unspecified atom stereocenters. The Morgan fingerprint density at radius 2 is 1.89 bits per heavy atom. The summed E-state index contributed by atoms with van der Waals surface area (Å²) in [5.74, 6) is 1.41. The normalized spacial score (nSPS) is 13.7. The molecular weight excluding hydrogens is 302 g/mol. The maximum Gasteiger partial charge on any atom is 0.120 e. The number of nitrogens with one attached hydrogen (secondary N) is 1. The quantitative estimate of drug-likeness (QED) is 0.856. The maximum atomic E-state index is 6.12. The molecule has 0 aliphatic heterocycles. The molecule has 0 heterocycles. The summed E-state index contributed by atoms with van der Waals surface area (Å²) in [6.45, 7) is 13.9. The first-order valence-corrected chi connectivity index (χ1v) is 7.66. The smallest absolute Gasteiger partial charge is 0.120 e. The summed E-state index contributed by atoms with van der Waals surface area (Å²) in [5, 5.41) is 3.52. The van der Waals surface area contributed by atoms with Crippen molar-refractivity contribution in [3.8, 4) is 5.75 Å². The topological polar surface area (TPSA) is 21.3 Å². The Bertz CT molecular complexity index is 410. The van der Waals surface area contributed by atoms with Crippen molar-refractivity contribution in [2.24, 2.45) is 5.92 Å². The van der Waals surface area contributed by atoms with E-state index < -0.39 is 0 Å². The van der Waals surface area contributed by atoms with Crippen LogP contribution in [0.1, 0.15) is 40.2 Å². The zero-order valence-electron chi connectivity index (χ0n) is 12.9. The van der Waals surface area contributed by atoms with Gasteiger partial charge in [-0.25, -0.2) is 0 Å². The first-order chi connectivity index (χ1) is 8.69. The third kappa shape index (κ3) is 5.96. The molecule has 1 N–H and O–H groups in total. The molecule has 0 amide bonds. The molecule has 108 valence electrons. The SMILES string of the molecule is Cc1cc(OC(CNC(C)(C)C)C(C)C)ccc1Br. The van der Waals surface area contributed by atoms with Crippen LogP contribution in [0, 0.1) is 12.8 Å². The largest absolute Gasteiger partial charge is 0.489 e. The summed E-state index contributed by atoms with van der Waals surface area (Å²) in [5.41, 5.74) is 1.32. The van der Waals surface area contributed by atoms with Gasteiger partial charge in [0.1, 0.15) is 11.9 Å². The van der Waals surface area contributed by atoms with Crippen molar-refractivity contribution < 1.29 is 4.74 Å². The highest BCUT2D eigenvalue weighted by molar-refractivity contribution is 9.10. The standard InChI is InChI=1S/C16H26BrNO/c1-11(2)15(10-18-16(4,5)6)19-13-7-8-14(17)12(3)9-13/h7-9,11,15,18H,10H2,1-6H3. The van der Waals surface area contributed by atoms with Crippen molar-refractivity contribution in [3.05, 3.63) is 28.2 Å². The Balaban J connectivity index is 2.70. The van der Waals surface area contributed by atoms with Crippen LogP contribution in [0.3, 0.4) is 0 Å². The second-order valence-electron chi connectivity index (χ2n) is 6.44. The molecule has 0 bridgehead atoms. The van der Waals surface area contributed by atoms with Crippen LogP contribution in [0.4, 0.5) is 0 Å². The average Bonchev–Trinajstić information content (AvgIpc) is 2.27. The first kappa shape index (κ1) is 16.5. The lowest BCUT2D eigenvalue weighted by molar-refractivity contribution is 0.139. The van der Waals surface area contributed by atoms with Crippen LogP contribution >= 0.6 is 15.9 Å². The first-order valence-electron chi connectivity index (χ1n) is 6.87. The minimum Gasteiger partial charge on any atom is -0.489 e. The molecule has 3 heteroatoms. The fraction of sp³-hybridized carbons (Fsp3) is 0.625. The highest BCUT2D eigenvalue weighted by Crippen LogP contribution is 2.23. The zero-order chi connectivity index (χ0) is 14.6. The van der Waals surface area contributed by atoms with E-state index in [1.165, 1.54) is 5.56 Å². The molecule has 0 aromatic heterocycles. The number of benzene rings is 1. The lowest BCUT2D eigenvalue weighted by Crippen LogP contribution is -2.44. The molecule has 0 aliphatic rings. The fourth-order valence-corrected chi connectivity index (χ4v) is 1.93. The van der Waals surface area contributed by atoms with Gasteiger partial charge in [0.25, 0.3) is 0 Å². The summed E-state index contributed by atoms with van der Waals surface area (Å²) in [6.07, 6.45) is 0.180. The molecule has 0 aliphatic carbocycles. The van der Waals surface area contributed by atoms with Gasteiger partial charge in [0, 0.05) is 16.6 Å². The van der Waals surface area contributed by atoms with Gasteiger partial charge in [0.2, 0.25) is 0 Å². The molecule has 1 rings (SSSR count). The second-order valence-corrected chi connectivity index (χ2v) is 7.30. The van der Waals surface area contributed by atoms with Gasteiger partial charge in [-0.1, -0.05) is 29.8 Å². The number of hydrogen-bond acceptors (Lipinski definition) is 2. The summed E-state index contributed by atoms with van der Waals surface area (Å²) < 4.78 is 7.24. The van der Waals surface area contributed by atoms with Crippen molar-refractivity contribution >= 4 is 15.9 Å². The molecule has 0 saturated carbocycles. The lowest BCUT2D eigenvalue weighted by atomic mass is 10.0. The summed E-state index contributed by atoms with van der Waals surface area (Å²) in [6, 6.07) is 6.14. The molecule has 1 aromatic rings. The van der Waals surface area contributed by atoms with Crippen molar-refractivity contribution in [3.63, 3.8) is 0 Å². The van der Waals surface area contributed by atoms with E-state index in [2.05, 4.69) is 68.9 Å². The fourth-order valence-electron chi connectivity index (χ4n) is 1.69. The molecule has 1 aromatic carbocycles. The van der Waals surface area contributed by atoms with Crippen LogP contribution in [0.2, 0.25) is 0 Å². The molecule has 1 atom stereocenters. The number of hydrogen-bond donors (Lipinski definition) is 1. The zero-order valence-corrected chi connectivity index (χ0v) is 14.5. The van der Waals surface area contributed by atoms with E-state index in [0.717, 1.165) is 16.8 Å². The highest BCUT2D eigenvalue weighted by Gasteiger charge is 2.18. The minimum atomic E-state index is 0.117. The van der Waals surface area contributed by atoms with Crippen molar-refractivity contribution in [2.45, 2.75) is 53.2 Å². The lowest BCUT2D eigenvalue weighted by Gasteiger charge is -2.28. The van der Waals surface area contributed by atoms with Crippen LogP contribution in [-0.4, -0.2) is 18.2 Å². The van der Waals surface area contributed by atoms with Crippen LogP contribution in [0.15, 0.2) is 22.7 Å². The predicted octanol–water partition coefficient (Wildman–Crippen LogP) is 4.55. The molecular formula is C16H26BrNO. The van der Waals surface area contributed by atoms with Crippen LogP contribution in [0.5, 0.6) is 5.75 Å². The maximum absolute atomic E-state index is 6.12. The van der Waals surface area contributed by atoms with E-state index in [9.17, 15) is 0 Å². The number of aryl methyl sites for hydroxylation is 1. The van der Waals surface area contributed by atoms with E-state index in [0.29, 0.717) is 5.92 Å². The Morgan fingerprint density at radius 1 is 1.26 bits per heavy atom. The molecule has 0 radical (unpaired) electrons. The van der Waals surface area contributed by atoms with E-state index in [4.69, 9.17) is 4.74 Å². The number of ether oxygens (including phenoxy) is 1. The molecule has 2 nitrogen and oxygen atoms in total. The van der Waals surface area contributed by atoms with E-state index >= 15 is 0 Å². The monoisotopic (exact) mass is 327 g/mol. The van der Waals surface area contributed by atoms with Gasteiger partial charge in [-0.15, -0.1) is 0 Å². The van der Waals surface area contributed by atoms with Crippen molar-refractivity contribution in [2.75, 3.05) is 6.54 Å². The van der Waals surface area contributed by atoms with Crippen molar-refractivity contribution in [1.82, 2.24) is 5.32 Å². The second kappa shape index (κ2) is 6.76. The number of rotatable bonds is 5. The summed E-state index contributed by atoms with van der Waals surface area (Å²) in [4.78, 5) is 0. The van der Waals surface area contributed by atoms with Gasteiger partial charge in [-0.3, -0.25) is 0 Å². The Kier molecular flexibility index (Phi) is 5.87. The predicted molar refractivity (Wildman–Crippen MR) is 85.9 cm³/mol. The number of halogens is 1. The minimum absolute atomic E-state index is 0.117. The van der Waals surface area contributed by atoms with Crippen LogP contribution in [0.25, 0.3) is 0 Å².